The molecule has 0 aliphatic carbocycles. The lowest BCUT2D eigenvalue weighted by molar-refractivity contribution is 0.520. The summed E-state index contributed by atoms with van der Waals surface area (Å²) in [7, 11) is -3.56. The summed E-state index contributed by atoms with van der Waals surface area (Å²) in [5, 5.41) is 0. The van der Waals surface area contributed by atoms with Crippen LogP contribution in [0.1, 0.15) is 28.3 Å². The molecule has 0 bridgehead atoms. The fourth-order valence-electron chi connectivity index (χ4n) is 2.32. The highest BCUT2D eigenvalue weighted by atomic mass is 32.2. The van der Waals surface area contributed by atoms with Crippen LogP contribution in [-0.4, -0.2) is 13.4 Å². The lowest BCUT2D eigenvalue weighted by Gasteiger charge is -2.12. The summed E-state index contributed by atoms with van der Waals surface area (Å²) < 4.78 is 32.4. The van der Waals surface area contributed by atoms with E-state index in [1.807, 2.05) is 19.1 Å². The van der Waals surface area contributed by atoms with Crippen molar-refractivity contribution >= 4 is 10.0 Å². The first kappa shape index (κ1) is 14.7. The number of oxazole rings is 1. The van der Waals surface area contributed by atoms with Crippen LogP contribution >= 0.6 is 0 Å². The molecule has 1 aromatic heterocycles. The summed E-state index contributed by atoms with van der Waals surface area (Å²) in [6.07, 6.45) is 1.45. The summed E-state index contributed by atoms with van der Waals surface area (Å²) >= 11 is 0. The van der Waals surface area contributed by atoms with Gasteiger partial charge in [-0.25, -0.2) is 18.1 Å². The van der Waals surface area contributed by atoms with Gasteiger partial charge in [0.2, 0.25) is 10.0 Å². The standard InChI is InChI=1S/C14H18N2O3S/c1-9-5-10(2)14(11(3)6-9)20(17,18)15-7-13-8-19-12(4)16-13/h5-6,8,15H,7H2,1-4H3. The van der Waals surface area contributed by atoms with Gasteiger partial charge in [-0.15, -0.1) is 0 Å². The van der Waals surface area contributed by atoms with E-state index in [0.29, 0.717) is 16.5 Å². The third-order valence-electron chi connectivity index (χ3n) is 2.98. The van der Waals surface area contributed by atoms with Gasteiger partial charge in [-0.05, 0) is 31.9 Å². The van der Waals surface area contributed by atoms with Crippen molar-refractivity contribution in [3.63, 3.8) is 0 Å². The van der Waals surface area contributed by atoms with E-state index in [0.717, 1.165) is 16.7 Å². The second-order valence-corrected chi connectivity index (χ2v) is 6.61. The number of benzene rings is 1. The molecule has 0 aliphatic rings. The first-order chi connectivity index (χ1) is 9.29. The Morgan fingerprint density at radius 1 is 1.15 bits per heavy atom. The number of rotatable bonds is 4. The van der Waals surface area contributed by atoms with Crippen LogP contribution in [0.4, 0.5) is 0 Å². The van der Waals surface area contributed by atoms with Crippen molar-refractivity contribution in [1.82, 2.24) is 9.71 Å². The molecule has 1 heterocycles. The average Bonchev–Trinajstić information content (AvgIpc) is 2.71. The number of sulfonamides is 1. The summed E-state index contributed by atoms with van der Waals surface area (Å²) in [6.45, 7) is 7.38. The predicted octanol–water partition coefficient (Wildman–Crippen LogP) is 2.39. The second kappa shape index (κ2) is 5.38. The summed E-state index contributed by atoms with van der Waals surface area (Å²) in [4.78, 5) is 4.41. The van der Waals surface area contributed by atoms with Crippen molar-refractivity contribution in [3.8, 4) is 0 Å². The second-order valence-electron chi connectivity index (χ2n) is 4.91. The zero-order valence-electron chi connectivity index (χ0n) is 12.0. The quantitative estimate of drug-likeness (QED) is 0.939. The number of nitrogens with zero attached hydrogens (tertiary/aromatic N) is 1. The molecule has 0 amide bonds. The lowest BCUT2D eigenvalue weighted by Crippen LogP contribution is -2.25. The largest absolute Gasteiger partial charge is 0.449 e. The van der Waals surface area contributed by atoms with Gasteiger partial charge in [0, 0.05) is 6.92 Å². The van der Waals surface area contributed by atoms with E-state index in [1.54, 1.807) is 20.8 Å². The van der Waals surface area contributed by atoms with Crippen molar-refractivity contribution in [2.75, 3.05) is 0 Å². The molecule has 20 heavy (non-hydrogen) atoms. The zero-order valence-corrected chi connectivity index (χ0v) is 12.8. The highest BCUT2D eigenvalue weighted by molar-refractivity contribution is 7.89. The lowest BCUT2D eigenvalue weighted by atomic mass is 10.1. The maximum Gasteiger partial charge on any atom is 0.241 e. The maximum atomic E-state index is 12.4. The fraction of sp³-hybridized carbons (Fsp3) is 0.357. The number of hydrogen-bond acceptors (Lipinski definition) is 4. The molecule has 1 N–H and O–H groups in total. The number of nitrogens with one attached hydrogen (secondary N) is 1. The molecule has 0 unspecified atom stereocenters. The monoisotopic (exact) mass is 294 g/mol. The third-order valence-corrected chi connectivity index (χ3v) is 4.69. The molecule has 0 saturated heterocycles. The highest BCUT2D eigenvalue weighted by Gasteiger charge is 2.20. The zero-order chi connectivity index (χ0) is 14.9. The average molecular weight is 294 g/mol. The highest BCUT2D eigenvalue weighted by Crippen LogP contribution is 2.21. The van der Waals surface area contributed by atoms with E-state index in [1.165, 1.54) is 6.26 Å². The molecule has 0 aliphatic heterocycles. The number of hydrogen-bond donors (Lipinski definition) is 1. The Hall–Kier alpha value is -1.66. The van der Waals surface area contributed by atoms with Crippen LogP contribution in [0.15, 0.2) is 27.7 Å². The number of aromatic nitrogens is 1. The van der Waals surface area contributed by atoms with Crippen LogP contribution in [0.25, 0.3) is 0 Å². The van der Waals surface area contributed by atoms with Crippen LogP contribution in [-0.2, 0) is 16.6 Å². The minimum Gasteiger partial charge on any atom is -0.449 e. The van der Waals surface area contributed by atoms with E-state index < -0.39 is 10.0 Å². The molecule has 0 spiro atoms. The topological polar surface area (TPSA) is 72.2 Å². The Kier molecular flexibility index (Phi) is 3.96. The Bertz CT molecular complexity index is 710. The van der Waals surface area contributed by atoms with Gasteiger partial charge < -0.3 is 4.42 Å². The first-order valence-corrected chi connectivity index (χ1v) is 7.76. The molecule has 2 aromatic rings. The molecule has 0 fully saturated rings. The van der Waals surface area contributed by atoms with Crippen LogP contribution in [0.5, 0.6) is 0 Å². The Morgan fingerprint density at radius 3 is 2.25 bits per heavy atom. The minimum absolute atomic E-state index is 0.117. The minimum atomic E-state index is -3.56. The summed E-state index contributed by atoms with van der Waals surface area (Å²) in [5.74, 6) is 0.516. The van der Waals surface area contributed by atoms with Gasteiger partial charge in [0.15, 0.2) is 5.89 Å². The van der Waals surface area contributed by atoms with Crippen LogP contribution in [0.3, 0.4) is 0 Å². The first-order valence-electron chi connectivity index (χ1n) is 6.28. The molecule has 0 atom stereocenters. The van der Waals surface area contributed by atoms with Gasteiger partial charge in [-0.2, -0.15) is 0 Å². The Balaban J connectivity index is 2.27. The summed E-state index contributed by atoms with van der Waals surface area (Å²) in [6, 6.07) is 3.73. The third kappa shape index (κ3) is 3.08. The van der Waals surface area contributed by atoms with E-state index >= 15 is 0 Å². The van der Waals surface area contributed by atoms with Crippen LogP contribution in [0, 0.1) is 27.7 Å². The molecule has 2 rings (SSSR count). The molecule has 1 aromatic carbocycles. The smallest absolute Gasteiger partial charge is 0.241 e. The fourth-order valence-corrected chi connectivity index (χ4v) is 3.77. The van der Waals surface area contributed by atoms with Crippen molar-refractivity contribution in [2.45, 2.75) is 39.1 Å². The van der Waals surface area contributed by atoms with Gasteiger partial charge in [0.1, 0.15) is 6.26 Å². The van der Waals surface area contributed by atoms with Crippen LogP contribution in [0.2, 0.25) is 0 Å². The van der Waals surface area contributed by atoms with Gasteiger partial charge >= 0.3 is 0 Å². The Morgan fingerprint density at radius 2 is 1.75 bits per heavy atom. The Labute approximate surface area is 119 Å². The van der Waals surface area contributed by atoms with E-state index in [4.69, 9.17) is 4.42 Å². The molecule has 5 nitrogen and oxygen atoms in total. The summed E-state index contributed by atoms with van der Waals surface area (Å²) in [5.41, 5.74) is 3.09. The van der Waals surface area contributed by atoms with Crippen molar-refractivity contribution in [3.05, 3.63) is 46.7 Å². The van der Waals surface area contributed by atoms with Crippen LogP contribution < -0.4 is 4.72 Å². The normalized spacial score (nSPS) is 11.8. The molecular weight excluding hydrogens is 276 g/mol. The molecular formula is C14H18N2O3S. The van der Waals surface area contributed by atoms with Gasteiger partial charge in [0.25, 0.3) is 0 Å². The predicted molar refractivity (Wildman–Crippen MR) is 75.9 cm³/mol. The molecule has 108 valence electrons. The van der Waals surface area contributed by atoms with Gasteiger partial charge in [-0.1, -0.05) is 17.7 Å². The van der Waals surface area contributed by atoms with Crippen molar-refractivity contribution in [2.24, 2.45) is 0 Å². The number of aryl methyl sites for hydroxylation is 4. The van der Waals surface area contributed by atoms with E-state index in [2.05, 4.69) is 9.71 Å². The molecule has 0 saturated carbocycles. The van der Waals surface area contributed by atoms with Crippen molar-refractivity contribution in [1.29, 1.82) is 0 Å². The molecule has 6 heteroatoms. The molecule has 0 radical (unpaired) electrons. The van der Waals surface area contributed by atoms with Crippen molar-refractivity contribution < 1.29 is 12.8 Å². The van der Waals surface area contributed by atoms with Gasteiger partial charge in [-0.3, -0.25) is 0 Å². The van der Waals surface area contributed by atoms with E-state index in [9.17, 15) is 8.42 Å². The maximum absolute atomic E-state index is 12.4. The SMILES string of the molecule is Cc1cc(C)c(S(=O)(=O)NCc2coc(C)n2)c(C)c1. The van der Waals surface area contributed by atoms with Gasteiger partial charge in [0.05, 0.1) is 17.1 Å². The van der Waals surface area contributed by atoms with E-state index in [-0.39, 0.29) is 6.54 Å².